The summed E-state index contributed by atoms with van der Waals surface area (Å²) < 4.78 is 0. The highest BCUT2D eigenvalue weighted by atomic mass is 14.4. The van der Waals surface area contributed by atoms with Crippen molar-refractivity contribution in [1.82, 2.24) is 0 Å². The fourth-order valence-electron chi connectivity index (χ4n) is 2.44. The molecule has 0 amide bonds. The zero-order valence-corrected chi connectivity index (χ0v) is 10.0. The van der Waals surface area contributed by atoms with Crippen molar-refractivity contribution in [2.75, 3.05) is 0 Å². The second-order valence-corrected chi connectivity index (χ2v) is 6.53. The molecule has 0 nitrogen and oxygen atoms in total. The van der Waals surface area contributed by atoms with E-state index in [1.807, 2.05) is 0 Å². The van der Waals surface area contributed by atoms with Crippen LogP contribution in [0.5, 0.6) is 0 Å². The highest BCUT2D eigenvalue weighted by molar-refractivity contribution is 5.07. The van der Waals surface area contributed by atoms with E-state index >= 15 is 0 Å². The average molecular weight is 180 g/mol. The first-order chi connectivity index (χ1) is 5.73. The van der Waals surface area contributed by atoms with Gasteiger partial charge in [-0.25, -0.2) is 0 Å². The van der Waals surface area contributed by atoms with Crippen molar-refractivity contribution in [1.29, 1.82) is 0 Å². The molecule has 0 fully saturated rings. The number of hydrogen-bond acceptors (Lipinski definition) is 0. The Balaban J connectivity index is 2.81. The van der Waals surface area contributed by atoms with Crippen LogP contribution < -0.4 is 0 Å². The minimum atomic E-state index is 0.422. The van der Waals surface area contributed by atoms with E-state index in [9.17, 15) is 0 Å². The van der Waals surface area contributed by atoms with Crippen LogP contribution in [0.2, 0.25) is 0 Å². The van der Waals surface area contributed by atoms with Gasteiger partial charge in [-0.05, 0) is 29.1 Å². The Morgan fingerprint density at radius 2 is 1.46 bits per heavy atom. The van der Waals surface area contributed by atoms with E-state index in [-0.39, 0.29) is 0 Å². The van der Waals surface area contributed by atoms with Crippen molar-refractivity contribution in [2.45, 2.75) is 48.0 Å². The molecular formula is C13H24. The summed E-state index contributed by atoms with van der Waals surface area (Å²) in [6, 6.07) is 0. The fraction of sp³-hybridized carbons (Fsp3) is 0.846. The topological polar surface area (TPSA) is 0 Å². The van der Waals surface area contributed by atoms with Gasteiger partial charge in [-0.2, -0.15) is 0 Å². The molecule has 0 saturated heterocycles. The zero-order chi connectivity index (χ0) is 10.3. The minimum Gasteiger partial charge on any atom is -0.0879 e. The molecule has 76 valence electrons. The van der Waals surface area contributed by atoms with Gasteiger partial charge in [0.1, 0.15) is 0 Å². The van der Waals surface area contributed by atoms with Crippen LogP contribution in [-0.2, 0) is 0 Å². The first-order valence-corrected chi connectivity index (χ1v) is 5.39. The van der Waals surface area contributed by atoms with Crippen LogP contribution in [-0.4, -0.2) is 0 Å². The van der Waals surface area contributed by atoms with Crippen LogP contribution >= 0.6 is 0 Å². The van der Waals surface area contributed by atoms with E-state index in [4.69, 9.17) is 0 Å². The van der Waals surface area contributed by atoms with Gasteiger partial charge >= 0.3 is 0 Å². The summed E-state index contributed by atoms with van der Waals surface area (Å²) in [6.45, 7) is 14.2. The van der Waals surface area contributed by atoms with Crippen LogP contribution in [0.4, 0.5) is 0 Å². The monoisotopic (exact) mass is 180 g/mol. The molecule has 0 aromatic heterocycles. The Bertz CT molecular complexity index is 197. The molecule has 1 aliphatic rings. The first-order valence-electron chi connectivity index (χ1n) is 5.39. The molecule has 0 radical (unpaired) electrons. The summed E-state index contributed by atoms with van der Waals surface area (Å²) >= 11 is 0. The van der Waals surface area contributed by atoms with Crippen LogP contribution in [0, 0.1) is 22.7 Å². The Hall–Kier alpha value is -0.260. The number of rotatable bonds is 0. The van der Waals surface area contributed by atoms with Crippen molar-refractivity contribution >= 4 is 0 Å². The molecule has 0 heteroatoms. The molecule has 0 spiro atoms. The van der Waals surface area contributed by atoms with Crippen molar-refractivity contribution in [3.8, 4) is 0 Å². The van der Waals surface area contributed by atoms with E-state index < -0.39 is 0 Å². The van der Waals surface area contributed by atoms with Crippen molar-refractivity contribution in [3.05, 3.63) is 12.2 Å². The molecule has 0 heterocycles. The van der Waals surface area contributed by atoms with Gasteiger partial charge in [0, 0.05) is 0 Å². The maximum absolute atomic E-state index is 2.43. The Kier molecular flexibility index (Phi) is 2.62. The molecule has 0 aromatic rings. The molecular weight excluding hydrogens is 156 g/mol. The second kappa shape index (κ2) is 3.15. The van der Waals surface area contributed by atoms with Crippen molar-refractivity contribution < 1.29 is 0 Å². The predicted octanol–water partition coefficient (Wildman–Crippen LogP) is 4.27. The maximum Gasteiger partial charge on any atom is -0.0148 e. The highest BCUT2D eigenvalue weighted by Gasteiger charge is 2.38. The molecule has 0 saturated carbocycles. The largest absolute Gasteiger partial charge is 0.0879 e. The quantitative estimate of drug-likeness (QED) is 0.488. The highest BCUT2D eigenvalue weighted by Crippen LogP contribution is 2.47. The zero-order valence-electron chi connectivity index (χ0n) is 10.0. The molecule has 0 N–H and O–H groups in total. The molecule has 1 rings (SSSR count). The third-order valence-corrected chi connectivity index (χ3v) is 3.28. The van der Waals surface area contributed by atoms with Gasteiger partial charge in [-0.1, -0.05) is 53.7 Å². The van der Waals surface area contributed by atoms with E-state index in [0.29, 0.717) is 10.8 Å². The van der Waals surface area contributed by atoms with Crippen molar-refractivity contribution in [2.24, 2.45) is 22.7 Å². The molecule has 0 unspecified atom stereocenters. The molecule has 0 aliphatic heterocycles. The summed E-state index contributed by atoms with van der Waals surface area (Å²) in [5.41, 5.74) is 0.867. The lowest BCUT2D eigenvalue weighted by Gasteiger charge is -2.39. The standard InChI is InChI=1S/C13H24/c1-12(2,3)10-8-7-9-11(10)13(4,5)6/h7-8,10-11H,9H2,1-6H3/t10-,11+/m0/s1. The van der Waals surface area contributed by atoms with E-state index in [1.54, 1.807) is 0 Å². The van der Waals surface area contributed by atoms with Crippen LogP contribution in [0.25, 0.3) is 0 Å². The Labute approximate surface area is 83.4 Å². The van der Waals surface area contributed by atoms with Gasteiger partial charge in [0.05, 0.1) is 0 Å². The third kappa shape index (κ3) is 2.36. The van der Waals surface area contributed by atoms with Gasteiger partial charge in [-0.3, -0.25) is 0 Å². The third-order valence-electron chi connectivity index (χ3n) is 3.28. The Morgan fingerprint density at radius 3 is 1.77 bits per heavy atom. The molecule has 13 heavy (non-hydrogen) atoms. The minimum absolute atomic E-state index is 0.422. The van der Waals surface area contributed by atoms with E-state index in [2.05, 4.69) is 53.7 Å². The van der Waals surface area contributed by atoms with Gasteiger partial charge in [0.2, 0.25) is 0 Å². The lowest BCUT2D eigenvalue weighted by molar-refractivity contribution is 0.120. The molecule has 2 atom stereocenters. The first kappa shape index (κ1) is 10.8. The van der Waals surface area contributed by atoms with E-state index in [1.165, 1.54) is 6.42 Å². The van der Waals surface area contributed by atoms with Gasteiger partial charge in [0.25, 0.3) is 0 Å². The average Bonchev–Trinajstić information content (AvgIpc) is 2.27. The summed E-state index contributed by atoms with van der Waals surface area (Å²) in [6.07, 6.45) is 6.06. The van der Waals surface area contributed by atoms with Crippen molar-refractivity contribution in [3.63, 3.8) is 0 Å². The SMILES string of the molecule is CC(C)(C)[C@@H]1CC=C[C@@H]1C(C)(C)C. The molecule has 0 aromatic carbocycles. The summed E-state index contributed by atoms with van der Waals surface area (Å²) in [5.74, 6) is 1.58. The fourth-order valence-corrected chi connectivity index (χ4v) is 2.44. The summed E-state index contributed by atoms with van der Waals surface area (Å²) in [7, 11) is 0. The van der Waals surface area contributed by atoms with E-state index in [0.717, 1.165) is 11.8 Å². The molecule has 1 aliphatic carbocycles. The van der Waals surface area contributed by atoms with Crippen LogP contribution in [0.3, 0.4) is 0 Å². The summed E-state index contributed by atoms with van der Waals surface area (Å²) in [4.78, 5) is 0. The maximum atomic E-state index is 2.43. The Morgan fingerprint density at radius 1 is 0.923 bits per heavy atom. The van der Waals surface area contributed by atoms with Crippen LogP contribution in [0.1, 0.15) is 48.0 Å². The lowest BCUT2D eigenvalue weighted by Crippen LogP contribution is -2.32. The predicted molar refractivity (Wildman–Crippen MR) is 59.6 cm³/mol. The number of allylic oxidation sites excluding steroid dienone is 2. The second-order valence-electron chi connectivity index (χ2n) is 6.53. The number of hydrogen-bond donors (Lipinski definition) is 0. The van der Waals surface area contributed by atoms with Gasteiger partial charge in [0.15, 0.2) is 0 Å². The van der Waals surface area contributed by atoms with Crippen LogP contribution in [0.15, 0.2) is 12.2 Å². The lowest BCUT2D eigenvalue weighted by atomic mass is 9.66. The smallest absolute Gasteiger partial charge is 0.0148 e. The summed E-state index contributed by atoms with van der Waals surface area (Å²) in [5, 5.41) is 0. The normalized spacial score (nSPS) is 29.7. The molecule has 0 bridgehead atoms. The van der Waals surface area contributed by atoms with Gasteiger partial charge in [-0.15, -0.1) is 0 Å². The van der Waals surface area contributed by atoms with Gasteiger partial charge < -0.3 is 0 Å².